The Morgan fingerprint density at radius 2 is 2.22 bits per heavy atom. The van der Waals surface area contributed by atoms with Crippen LogP contribution in [0.5, 0.6) is 0 Å². The van der Waals surface area contributed by atoms with Crippen molar-refractivity contribution in [3.8, 4) is 0 Å². The van der Waals surface area contributed by atoms with E-state index in [9.17, 15) is 0 Å². The Balaban J connectivity index is 1.70. The van der Waals surface area contributed by atoms with E-state index in [4.69, 9.17) is 16.2 Å². The van der Waals surface area contributed by atoms with Crippen molar-refractivity contribution in [1.29, 1.82) is 0 Å². The number of nitrogens with two attached hydrogens (primary N) is 2. The molecule has 0 radical (unpaired) electrons. The summed E-state index contributed by atoms with van der Waals surface area (Å²) in [5.41, 5.74) is 13.0. The van der Waals surface area contributed by atoms with Crippen molar-refractivity contribution in [2.24, 2.45) is 5.73 Å². The molecular weight excluding hydrogens is 294 g/mol. The van der Waals surface area contributed by atoms with E-state index in [-0.39, 0.29) is 12.1 Å². The first-order chi connectivity index (χ1) is 11.1. The van der Waals surface area contributed by atoms with Crippen LogP contribution in [0.3, 0.4) is 0 Å². The molecule has 2 aromatic heterocycles. The first kappa shape index (κ1) is 16.1. The van der Waals surface area contributed by atoms with Crippen molar-refractivity contribution in [1.82, 2.24) is 24.4 Å². The van der Waals surface area contributed by atoms with Gasteiger partial charge in [-0.2, -0.15) is 0 Å². The maximum atomic E-state index is 5.99. The van der Waals surface area contributed by atoms with Gasteiger partial charge in [-0.25, -0.2) is 15.0 Å². The molecule has 0 aliphatic carbocycles. The number of hydrogen-bond donors (Lipinski definition) is 2. The van der Waals surface area contributed by atoms with Gasteiger partial charge in [0.1, 0.15) is 11.8 Å². The highest BCUT2D eigenvalue weighted by molar-refractivity contribution is 5.81. The van der Waals surface area contributed by atoms with Crippen LogP contribution in [0.15, 0.2) is 12.7 Å². The molecule has 3 heterocycles. The molecule has 2 aromatic rings. The van der Waals surface area contributed by atoms with E-state index in [1.807, 2.05) is 0 Å². The van der Waals surface area contributed by atoms with Gasteiger partial charge in [-0.3, -0.25) is 4.90 Å². The number of hydrogen-bond acceptors (Lipinski definition) is 7. The second kappa shape index (κ2) is 6.77. The molecule has 0 saturated carbocycles. The van der Waals surface area contributed by atoms with Crippen LogP contribution in [0.4, 0.5) is 5.82 Å². The molecule has 8 heteroatoms. The summed E-state index contributed by atoms with van der Waals surface area (Å²) in [5, 5.41) is 0. The fourth-order valence-electron chi connectivity index (χ4n) is 3.13. The number of imidazole rings is 1. The van der Waals surface area contributed by atoms with Gasteiger partial charge >= 0.3 is 0 Å². The lowest BCUT2D eigenvalue weighted by atomic mass is 10.1. The fourth-order valence-corrected chi connectivity index (χ4v) is 3.13. The third-order valence-corrected chi connectivity index (χ3v) is 4.42. The highest BCUT2D eigenvalue weighted by atomic mass is 16.5. The van der Waals surface area contributed by atoms with E-state index in [0.29, 0.717) is 30.5 Å². The van der Waals surface area contributed by atoms with Crippen LogP contribution in [-0.2, 0) is 4.74 Å². The minimum Gasteiger partial charge on any atom is -0.382 e. The van der Waals surface area contributed by atoms with E-state index in [0.717, 1.165) is 25.2 Å². The van der Waals surface area contributed by atoms with Crippen molar-refractivity contribution >= 4 is 17.0 Å². The van der Waals surface area contributed by atoms with E-state index < -0.39 is 0 Å². The number of aromatic nitrogens is 4. The summed E-state index contributed by atoms with van der Waals surface area (Å²) in [4.78, 5) is 15.0. The summed E-state index contributed by atoms with van der Waals surface area (Å²) < 4.78 is 8.04. The zero-order valence-corrected chi connectivity index (χ0v) is 13.7. The monoisotopic (exact) mass is 319 g/mol. The lowest BCUT2D eigenvalue weighted by Crippen LogP contribution is -2.40. The molecule has 1 fully saturated rings. The van der Waals surface area contributed by atoms with Gasteiger partial charge in [0.2, 0.25) is 0 Å². The maximum absolute atomic E-state index is 5.99. The summed E-state index contributed by atoms with van der Waals surface area (Å²) >= 11 is 0. The smallest absolute Gasteiger partial charge is 0.165 e. The Labute approximate surface area is 135 Å². The van der Waals surface area contributed by atoms with Crippen molar-refractivity contribution in [3.05, 3.63) is 12.7 Å². The predicted octanol–water partition coefficient (Wildman–Crippen LogP) is 0.408. The first-order valence-electron chi connectivity index (χ1n) is 8.09. The van der Waals surface area contributed by atoms with E-state index in [1.54, 1.807) is 6.33 Å². The van der Waals surface area contributed by atoms with Crippen LogP contribution in [0.2, 0.25) is 0 Å². The van der Waals surface area contributed by atoms with Crippen LogP contribution in [0, 0.1) is 0 Å². The molecule has 23 heavy (non-hydrogen) atoms. The number of fused-ring (bicyclic) bond motifs is 1. The Bertz CT molecular complexity index is 656. The normalized spacial score (nSPS) is 21.8. The Hall–Kier alpha value is -1.77. The van der Waals surface area contributed by atoms with Gasteiger partial charge in [-0.05, 0) is 20.3 Å². The standard InChI is InChI=1S/C15H25N7O/c1-10(2)21(4-3-16)6-12-5-11(7-23-12)22-9-20-13-14(17)18-8-19-15(13)22/h8-12H,3-7,16H2,1-2H3,(H2,17,18,19). The number of nitrogens with zero attached hydrogens (tertiary/aromatic N) is 5. The van der Waals surface area contributed by atoms with Crippen molar-refractivity contribution in [2.75, 3.05) is 32.0 Å². The van der Waals surface area contributed by atoms with Crippen LogP contribution in [0.25, 0.3) is 11.2 Å². The second-order valence-electron chi connectivity index (χ2n) is 6.31. The summed E-state index contributed by atoms with van der Waals surface area (Å²) in [5.74, 6) is 0.415. The molecule has 8 nitrogen and oxygen atoms in total. The molecule has 3 rings (SSSR count). The highest BCUT2D eigenvalue weighted by Gasteiger charge is 2.30. The van der Waals surface area contributed by atoms with E-state index in [2.05, 4.69) is 38.3 Å². The number of ether oxygens (including phenoxy) is 1. The zero-order chi connectivity index (χ0) is 16.4. The summed E-state index contributed by atoms with van der Waals surface area (Å²) in [6, 6.07) is 0.689. The molecule has 1 aliphatic heterocycles. The van der Waals surface area contributed by atoms with Crippen LogP contribution in [0.1, 0.15) is 26.3 Å². The van der Waals surface area contributed by atoms with Crippen molar-refractivity contribution in [3.63, 3.8) is 0 Å². The molecular formula is C15H25N7O. The molecule has 4 N–H and O–H groups in total. The lowest BCUT2D eigenvalue weighted by Gasteiger charge is -2.28. The topological polar surface area (TPSA) is 108 Å². The molecule has 1 saturated heterocycles. The Kier molecular flexibility index (Phi) is 4.74. The average molecular weight is 319 g/mol. The molecule has 0 bridgehead atoms. The van der Waals surface area contributed by atoms with Crippen LogP contribution < -0.4 is 11.5 Å². The summed E-state index contributed by atoms with van der Waals surface area (Å²) in [6.07, 6.45) is 4.39. The van der Waals surface area contributed by atoms with Crippen LogP contribution in [-0.4, -0.2) is 62.8 Å². The van der Waals surface area contributed by atoms with Gasteiger partial charge in [0.25, 0.3) is 0 Å². The summed E-state index contributed by atoms with van der Waals surface area (Å²) in [7, 11) is 0. The number of nitrogen functional groups attached to an aromatic ring is 1. The van der Waals surface area contributed by atoms with Gasteiger partial charge < -0.3 is 20.8 Å². The van der Waals surface area contributed by atoms with Crippen molar-refractivity contribution < 1.29 is 4.74 Å². The van der Waals surface area contributed by atoms with Gasteiger partial charge in [0.15, 0.2) is 11.5 Å². The van der Waals surface area contributed by atoms with Crippen molar-refractivity contribution in [2.45, 2.75) is 38.5 Å². The minimum atomic E-state index is 0.200. The van der Waals surface area contributed by atoms with Gasteiger partial charge in [0, 0.05) is 25.7 Å². The second-order valence-corrected chi connectivity index (χ2v) is 6.31. The maximum Gasteiger partial charge on any atom is 0.165 e. The van der Waals surface area contributed by atoms with E-state index >= 15 is 0 Å². The quantitative estimate of drug-likeness (QED) is 0.793. The fraction of sp³-hybridized carbons (Fsp3) is 0.667. The minimum absolute atomic E-state index is 0.200. The van der Waals surface area contributed by atoms with Crippen LogP contribution >= 0.6 is 0 Å². The third-order valence-electron chi connectivity index (χ3n) is 4.42. The largest absolute Gasteiger partial charge is 0.382 e. The number of anilines is 1. The average Bonchev–Trinajstić information content (AvgIpc) is 3.13. The molecule has 2 unspecified atom stereocenters. The summed E-state index contributed by atoms with van der Waals surface area (Å²) in [6.45, 7) is 7.48. The van der Waals surface area contributed by atoms with E-state index in [1.165, 1.54) is 6.33 Å². The predicted molar refractivity (Wildman–Crippen MR) is 88.9 cm³/mol. The SMILES string of the molecule is CC(C)N(CCN)CC1CC(n2cnc3c(N)ncnc32)CO1. The molecule has 0 spiro atoms. The third kappa shape index (κ3) is 3.29. The Morgan fingerprint density at radius 1 is 1.39 bits per heavy atom. The molecule has 0 amide bonds. The highest BCUT2D eigenvalue weighted by Crippen LogP contribution is 2.28. The number of rotatable bonds is 6. The van der Waals surface area contributed by atoms with Gasteiger partial charge in [-0.15, -0.1) is 0 Å². The molecule has 2 atom stereocenters. The molecule has 1 aliphatic rings. The Morgan fingerprint density at radius 3 is 2.96 bits per heavy atom. The van der Waals surface area contributed by atoms with Gasteiger partial charge in [-0.1, -0.05) is 0 Å². The lowest BCUT2D eigenvalue weighted by molar-refractivity contribution is 0.0622. The first-order valence-corrected chi connectivity index (χ1v) is 8.09. The molecule has 0 aromatic carbocycles. The van der Waals surface area contributed by atoms with Gasteiger partial charge in [0.05, 0.1) is 25.1 Å². The molecule has 126 valence electrons. The zero-order valence-electron chi connectivity index (χ0n) is 13.7.